The number of hydrogen-bond donors (Lipinski definition) is 1. The molecule has 1 aromatic heterocycles. The van der Waals surface area contributed by atoms with E-state index in [2.05, 4.69) is 9.97 Å². The van der Waals surface area contributed by atoms with E-state index >= 15 is 0 Å². The summed E-state index contributed by atoms with van der Waals surface area (Å²) >= 11 is 4.84. The Hall–Kier alpha value is -1.23. The van der Waals surface area contributed by atoms with Crippen molar-refractivity contribution in [1.82, 2.24) is 9.97 Å². The molecule has 2 N–H and O–H groups in total. The van der Waals surface area contributed by atoms with Gasteiger partial charge >= 0.3 is 0 Å². The molecule has 0 saturated heterocycles. The summed E-state index contributed by atoms with van der Waals surface area (Å²) in [6.45, 7) is 4.64. The van der Waals surface area contributed by atoms with Crippen LogP contribution >= 0.6 is 12.2 Å². The number of anilines is 1. The van der Waals surface area contributed by atoms with Gasteiger partial charge in [0.05, 0.1) is 16.4 Å². The predicted octanol–water partition coefficient (Wildman–Crippen LogP) is 1.21. The fourth-order valence-electron chi connectivity index (χ4n) is 1.27. The molecule has 82 valence electrons. The van der Waals surface area contributed by atoms with Gasteiger partial charge in [-0.2, -0.15) is 0 Å². The lowest BCUT2D eigenvalue weighted by Gasteiger charge is -2.19. The summed E-state index contributed by atoms with van der Waals surface area (Å²) in [5, 5.41) is 0. The minimum atomic E-state index is 0.528. The SMILES string of the molecule is Cc1cnc(C)c(N(C)CCC(N)=S)n1. The van der Waals surface area contributed by atoms with Crippen LogP contribution in [-0.2, 0) is 0 Å². The first-order valence-electron chi connectivity index (χ1n) is 4.80. The fraction of sp³-hybridized carbons (Fsp3) is 0.500. The average molecular weight is 224 g/mol. The van der Waals surface area contributed by atoms with Gasteiger partial charge in [-0.05, 0) is 13.8 Å². The van der Waals surface area contributed by atoms with Crippen molar-refractivity contribution >= 4 is 23.0 Å². The van der Waals surface area contributed by atoms with Crippen LogP contribution in [0.15, 0.2) is 6.20 Å². The molecule has 0 amide bonds. The molecular weight excluding hydrogens is 208 g/mol. The van der Waals surface area contributed by atoms with Crippen molar-refractivity contribution in [3.63, 3.8) is 0 Å². The third-order valence-electron chi connectivity index (χ3n) is 2.11. The summed E-state index contributed by atoms with van der Waals surface area (Å²) in [5.74, 6) is 0.895. The lowest BCUT2D eigenvalue weighted by Crippen LogP contribution is -2.25. The Balaban J connectivity index is 2.76. The van der Waals surface area contributed by atoms with E-state index in [1.54, 1.807) is 6.20 Å². The van der Waals surface area contributed by atoms with Gasteiger partial charge in [-0.1, -0.05) is 12.2 Å². The van der Waals surface area contributed by atoms with Gasteiger partial charge in [0.1, 0.15) is 5.82 Å². The van der Waals surface area contributed by atoms with E-state index in [1.807, 2.05) is 25.8 Å². The van der Waals surface area contributed by atoms with Crippen LogP contribution in [0.3, 0.4) is 0 Å². The highest BCUT2D eigenvalue weighted by Gasteiger charge is 2.07. The van der Waals surface area contributed by atoms with Gasteiger partial charge in [0.25, 0.3) is 0 Å². The van der Waals surface area contributed by atoms with Gasteiger partial charge in [-0.3, -0.25) is 4.98 Å². The number of rotatable bonds is 4. The standard InChI is InChI=1S/C10H16N4S/c1-7-6-12-8(2)10(13-7)14(3)5-4-9(11)15/h6H,4-5H2,1-3H3,(H2,11,15). The van der Waals surface area contributed by atoms with E-state index in [4.69, 9.17) is 18.0 Å². The second-order valence-electron chi connectivity index (χ2n) is 3.56. The van der Waals surface area contributed by atoms with Crippen molar-refractivity contribution < 1.29 is 0 Å². The number of nitrogens with zero attached hydrogens (tertiary/aromatic N) is 3. The average Bonchev–Trinajstić information content (AvgIpc) is 2.18. The molecular formula is C10H16N4S. The molecule has 0 aliphatic carbocycles. The van der Waals surface area contributed by atoms with Crippen molar-refractivity contribution in [3.8, 4) is 0 Å². The van der Waals surface area contributed by atoms with Crippen molar-refractivity contribution in [2.45, 2.75) is 20.3 Å². The van der Waals surface area contributed by atoms with E-state index in [0.717, 1.165) is 23.8 Å². The molecule has 0 fully saturated rings. The van der Waals surface area contributed by atoms with Crippen molar-refractivity contribution in [2.75, 3.05) is 18.5 Å². The maximum atomic E-state index is 5.46. The van der Waals surface area contributed by atoms with Crippen LogP contribution in [0, 0.1) is 13.8 Å². The Kier molecular flexibility index (Phi) is 3.96. The molecule has 0 aliphatic rings. The van der Waals surface area contributed by atoms with Crippen molar-refractivity contribution in [2.24, 2.45) is 5.73 Å². The molecule has 0 atom stereocenters. The summed E-state index contributed by atoms with van der Waals surface area (Å²) in [6.07, 6.45) is 2.46. The quantitative estimate of drug-likeness (QED) is 0.779. The van der Waals surface area contributed by atoms with Gasteiger partial charge in [0.2, 0.25) is 0 Å². The normalized spacial score (nSPS) is 10.1. The first-order valence-corrected chi connectivity index (χ1v) is 5.21. The van der Waals surface area contributed by atoms with Crippen LogP contribution in [0.25, 0.3) is 0 Å². The molecule has 0 spiro atoms. The summed E-state index contributed by atoms with van der Waals surface area (Å²) < 4.78 is 0. The van der Waals surface area contributed by atoms with E-state index in [9.17, 15) is 0 Å². The van der Waals surface area contributed by atoms with E-state index in [-0.39, 0.29) is 0 Å². The lowest BCUT2D eigenvalue weighted by atomic mass is 10.3. The van der Waals surface area contributed by atoms with Crippen LogP contribution < -0.4 is 10.6 Å². The molecule has 4 nitrogen and oxygen atoms in total. The zero-order valence-electron chi connectivity index (χ0n) is 9.32. The first-order chi connectivity index (χ1) is 7.00. The lowest BCUT2D eigenvalue weighted by molar-refractivity contribution is 0.872. The van der Waals surface area contributed by atoms with Gasteiger partial charge in [0, 0.05) is 26.2 Å². The number of nitrogens with two attached hydrogens (primary N) is 1. The summed E-state index contributed by atoms with van der Waals surface area (Å²) in [7, 11) is 1.97. The van der Waals surface area contributed by atoms with Crippen molar-refractivity contribution in [1.29, 1.82) is 0 Å². The number of hydrogen-bond acceptors (Lipinski definition) is 4. The van der Waals surface area contributed by atoms with Gasteiger partial charge in [-0.15, -0.1) is 0 Å². The van der Waals surface area contributed by atoms with Gasteiger partial charge in [-0.25, -0.2) is 4.98 Å². The Morgan fingerprint density at radius 2 is 2.20 bits per heavy atom. The number of aryl methyl sites for hydroxylation is 2. The summed E-state index contributed by atoms with van der Waals surface area (Å²) in [6, 6.07) is 0. The van der Waals surface area contributed by atoms with Crippen LogP contribution in [-0.4, -0.2) is 28.5 Å². The fourth-order valence-corrected chi connectivity index (χ4v) is 1.36. The minimum absolute atomic E-state index is 0.528. The topological polar surface area (TPSA) is 55.0 Å². The molecule has 0 aromatic carbocycles. The van der Waals surface area contributed by atoms with E-state index in [0.29, 0.717) is 11.4 Å². The molecule has 15 heavy (non-hydrogen) atoms. The monoisotopic (exact) mass is 224 g/mol. The Labute approximate surface area is 95.5 Å². The number of thiocarbonyl (C=S) groups is 1. The zero-order valence-corrected chi connectivity index (χ0v) is 10.1. The highest BCUT2D eigenvalue weighted by atomic mass is 32.1. The second-order valence-corrected chi connectivity index (χ2v) is 4.08. The van der Waals surface area contributed by atoms with Gasteiger partial charge < -0.3 is 10.6 Å². The highest BCUT2D eigenvalue weighted by molar-refractivity contribution is 7.80. The van der Waals surface area contributed by atoms with Crippen LogP contribution in [0.2, 0.25) is 0 Å². The third-order valence-corrected chi connectivity index (χ3v) is 2.31. The smallest absolute Gasteiger partial charge is 0.150 e. The maximum Gasteiger partial charge on any atom is 0.150 e. The Morgan fingerprint density at radius 3 is 2.80 bits per heavy atom. The summed E-state index contributed by atoms with van der Waals surface area (Å²) in [5.41, 5.74) is 7.29. The predicted molar refractivity (Wildman–Crippen MR) is 66.2 cm³/mol. The second kappa shape index (κ2) is 5.02. The minimum Gasteiger partial charge on any atom is -0.393 e. The molecule has 0 unspecified atom stereocenters. The Bertz CT molecular complexity index is 364. The van der Waals surface area contributed by atoms with Crippen LogP contribution in [0.4, 0.5) is 5.82 Å². The summed E-state index contributed by atoms with van der Waals surface area (Å²) in [4.78, 5) is 11.2. The molecule has 5 heteroatoms. The van der Waals surface area contributed by atoms with Crippen LogP contribution in [0.1, 0.15) is 17.8 Å². The Morgan fingerprint density at radius 1 is 1.53 bits per heavy atom. The molecule has 0 bridgehead atoms. The molecule has 1 aromatic rings. The molecule has 1 rings (SSSR count). The van der Waals surface area contributed by atoms with Gasteiger partial charge in [0.15, 0.2) is 0 Å². The molecule has 0 aliphatic heterocycles. The largest absolute Gasteiger partial charge is 0.393 e. The maximum absolute atomic E-state index is 5.46. The van der Waals surface area contributed by atoms with Crippen molar-refractivity contribution in [3.05, 3.63) is 17.6 Å². The van der Waals surface area contributed by atoms with E-state index in [1.165, 1.54) is 0 Å². The molecule has 0 saturated carbocycles. The van der Waals surface area contributed by atoms with E-state index < -0.39 is 0 Å². The zero-order chi connectivity index (χ0) is 11.4. The highest BCUT2D eigenvalue weighted by Crippen LogP contribution is 2.13. The first kappa shape index (κ1) is 11.8. The third kappa shape index (κ3) is 3.43. The van der Waals surface area contributed by atoms with Crippen LogP contribution in [0.5, 0.6) is 0 Å². The molecule has 1 heterocycles. The number of aromatic nitrogens is 2. The molecule has 0 radical (unpaired) electrons.